The zero-order valence-electron chi connectivity index (χ0n) is 12.9. The van der Waals surface area contributed by atoms with Crippen LogP contribution in [0.4, 0.5) is 13.2 Å². The van der Waals surface area contributed by atoms with Gasteiger partial charge in [0.25, 0.3) is 5.91 Å². The van der Waals surface area contributed by atoms with Crippen molar-refractivity contribution in [2.45, 2.75) is 17.2 Å². The van der Waals surface area contributed by atoms with E-state index in [-0.39, 0.29) is 24.6 Å². The predicted molar refractivity (Wildman–Crippen MR) is 82.5 cm³/mol. The summed E-state index contributed by atoms with van der Waals surface area (Å²) in [5.41, 5.74) is -1.50. The number of carbonyl (C=O) groups excluding carboxylic acids is 1. The van der Waals surface area contributed by atoms with E-state index in [0.29, 0.717) is 0 Å². The number of hydrogen-bond acceptors (Lipinski definition) is 4. The van der Waals surface area contributed by atoms with Gasteiger partial charge in [0.15, 0.2) is 9.84 Å². The van der Waals surface area contributed by atoms with Gasteiger partial charge in [0, 0.05) is 13.1 Å². The number of hydrogen-bond donors (Lipinski definition) is 0. The van der Waals surface area contributed by atoms with Crippen molar-refractivity contribution in [3.63, 3.8) is 0 Å². The molecule has 134 valence electrons. The standard InChI is InChI=1S/C16H14F3NO4S/c17-16(18,19)14-6-2-1-5-13(14)15(21)20-8-12(9-20)25(22,23)10-11-4-3-7-24-11/h1-7,12H,8-10H2. The largest absolute Gasteiger partial charge is 0.468 e. The van der Waals surface area contributed by atoms with Gasteiger partial charge in [0.2, 0.25) is 0 Å². The van der Waals surface area contributed by atoms with Crippen molar-refractivity contribution >= 4 is 15.7 Å². The SMILES string of the molecule is O=C(c1ccccc1C(F)(F)F)N1CC(S(=O)(=O)Cc2ccco2)C1. The maximum Gasteiger partial charge on any atom is 0.417 e. The summed E-state index contributed by atoms with van der Waals surface area (Å²) in [6.07, 6.45) is -3.29. The van der Waals surface area contributed by atoms with Crippen LogP contribution in [-0.2, 0) is 21.8 Å². The molecule has 0 spiro atoms. The zero-order valence-corrected chi connectivity index (χ0v) is 13.7. The number of furan rings is 1. The molecule has 0 saturated carbocycles. The number of halogens is 3. The zero-order chi connectivity index (χ0) is 18.2. The number of sulfone groups is 1. The first-order valence-corrected chi connectivity index (χ1v) is 9.09. The highest BCUT2D eigenvalue weighted by Crippen LogP contribution is 2.33. The summed E-state index contributed by atoms with van der Waals surface area (Å²) in [6.45, 7) is -0.262. The van der Waals surface area contributed by atoms with Crippen LogP contribution in [0.5, 0.6) is 0 Å². The van der Waals surface area contributed by atoms with E-state index in [1.165, 1.54) is 24.5 Å². The van der Waals surface area contributed by atoms with Crippen molar-refractivity contribution in [2.24, 2.45) is 0 Å². The van der Waals surface area contributed by atoms with Crippen LogP contribution in [0.3, 0.4) is 0 Å². The quantitative estimate of drug-likeness (QED) is 0.827. The predicted octanol–water partition coefficient (Wildman–Crippen LogP) is 2.74. The van der Waals surface area contributed by atoms with Crippen LogP contribution in [-0.4, -0.2) is 37.6 Å². The molecule has 0 N–H and O–H groups in total. The van der Waals surface area contributed by atoms with Crippen molar-refractivity contribution in [1.29, 1.82) is 0 Å². The second-order valence-corrected chi connectivity index (χ2v) is 8.04. The molecule has 1 aromatic heterocycles. The topological polar surface area (TPSA) is 67.6 Å². The summed E-state index contributed by atoms with van der Waals surface area (Å²) in [7, 11) is -3.54. The number of benzene rings is 1. The highest BCUT2D eigenvalue weighted by atomic mass is 32.2. The van der Waals surface area contributed by atoms with Crippen molar-refractivity contribution < 1.29 is 30.8 Å². The van der Waals surface area contributed by atoms with Gasteiger partial charge in [-0.1, -0.05) is 12.1 Å². The summed E-state index contributed by atoms with van der Waals surface area (Å²) in [5, 5.41) is -0.806. The van der Waals surface area contributed by atoms with Crippen molar-refractivity contribution in [3.8, 4) is 0 Å². The van der Waals surface area contributed by atoms with Crippen LogP contribution in [0.15, 0.2) is 47.1 Å². The molecule has 1 aliphatic heterocycles. The molecule has 0 atom stereocenters. The molecule has 0 aliphatic carbocycles. The molecule has 3 rings (SSSR count). The second kappa shape index (κ2) is 6.21. The Kier molecular flexibility index (Phi) is 4.36. The summed E-state index contributed by atoms with van der Waals surface area (Å²) < 4.78 is 68.5. The van der Waals surface area contributed by atoms with Crippen molar-refractivity contribution in [2.75, 3.05) is 13.1 Å². The lowest BCUT2D eigenvalue weighted by atomic mass is 10.0. The molecule has 9 heteroatoms. The summed E-state index contributed by atoms with van der Waals surface area (Å²) in [5.74, 6) is -0.837. The maximum absolute atomic E-state index is 13.0. The lowest BCUT2D eigenvalue weighted by Crippen LogP contribution is -2.57. The van der Waals surface area contributed by atoms with Crippen LogP contribution < -0.4 is 0 Å². The van der Waals surface area contributed by atoms with Gasteiger partial charge in [-0.05, 0) is 24.3 Å². The third kappa shape index (κ3) is 3.55. The Morgan fingerprint density at radius 2 is 1.84 bits per heavy atom. The van der Waals surface area contributed by atoms with Gasteiger partial charge in [-0.3, -0.25) is 4.79 Å². The highest BCUT2D eigenvalue weighted by Gasteiger charge is 2.42. The molecule has 2 heterocycles. The van der Waals surface area contributed by atoms with Crippen molar-refractivity contribution in [3.05, 3.63) is 59.5 Å². The molecular formula is C16H14F3NO4S. The van der Waals surface area contributed by atoms with E-state index in [0.717, 1.165) is 17.0 Å². The van der Waals surface area contributed by atoms with Crippen LogP contribution in [0, 0.1) is 0 Å². The molecule has 25 heavy (non-hydrogen) atoms. The Bertz CT molecular complexity index is 869. The van der Waals surface area contributed by atoms with E-state index in [9.17, 15) is 26.4 Å². The number of nitrogens with zero attached hydrogens (tertiary/aromatic N) is 1. The minimum Gasteiger partial charge on any atom is -0.468 e. The number of amides is 1. The number of carbonyl (C=O) groups is 1. The fraction of sp³-hybridized carbons (Fsp3) is 0.312. The van der Waals surface area contributed by atoms with Gasteiger partial charge >= 0.3 is 6.18 Å². The van der Waals surface area contributed by atoms with Crippen LogP contribution in [0.2, 0.25) is 0 Å². The molecule has 1 fully saturated rings. The summed E-state index contributed by atoms with van der Waals surface area (Å²) in [6, 6.07) is 7.56. The molecular weight excluding hydrogens is 359 g/mol. The Balaban J connectivity index is 1.70. The number of likely N-dealkylation sites (tertiary alicyclic amines) is 1. The van der Waals surface area contributed by atoms with Gasteiger partial charge in [-0.15, -0.1) is 0 Å². The molecule has 1 aliphatic rings. The van der Waals surface area contributed by atoms with Gasteiger partial charge in [0.1, 0.15) is 11.5 Å². The Labute approximate surface area is 142 Å². The Morgan fingerprint density at radius 1 is 1.16 bits per heavy atom. The summed E-state index contributed by atoms with van der Waals surface area (Å²) in [4.78, 5) is 13.4. The molecule has 1 aromatic carbocycles. The molecule has 5 nitrogen and oxygen atoms in total. The third-order valence-electron chi connectivity index (χ3n) is 4.03. The van der Waals surface area contributed by atoms with Crippen LogP contribution >= 0.6 is 0 Å². The summed E-state index contributed by atoms with van der Waals surface area (Å²) >= 11 is 0. The normalized spacial score (nSPS) is 15.9. The van der Waals surface area contributed by atoms with Gasteiger partial charge in [-0.25, -0.2) is 8.42 Å². The monoisotopic (exact) mass is 373 g/mol. The fourth-order valence-electron chi connectivity index (χ4n) is 2.63. The Morgan fingerprint density at radius 3 is 2.44 bits per heavy atom. The van der Waals surface area contributed by atoms with E-state index in [1.807, 2.05) is 0 Å². The smallest absolute Gasteiger partial charge is 0.417 e. The fourth-order valence-corrected chi connectivity index (χ4v) is 4.24. The number of alkyl halides is 3. The van der Waals surface area contributed by atoms with Gasteiger partial charge in [0.05, 0.1) is 22.6 Å². The molecule has 1 amide bonds. The molecule has 0 unspecified atom stereocenters. The lowest BCUT2D eigenvalue weighted by Gasteiger charge is -2.38. The van der Waals surface area contributed by atoms with Gasteiger partial charge in [-0.2, -0.15) is 13.2 Å². The second-order valence-electron chi connectivity index (χ2n) is 5.76. The first-order chi connectivity index (χ1) is 11.7. The minimum atomic E-state index is -4.65. The van der Waals surface area contributed by atoms with Crippen LogP contribution in [0.1, 0.15) is 21.7 Å². The molecule has 2 aromatic rings. The molecule has 0 radical (unpaired) electrons. The van der Waals surface area contributed by atoms with E-state index in [4.69, 9.17) is 4.42 Å². The first kappa shape index (κ1) is 17.5. The van der Waals surface area contributed by atoms with E-state index >= 15 is 0 Å². The third-order valence-corrected chi connectivity index (χ3v) is 6.03. The average Bonchev–Trinajstić information content (AvgIpc) is 2.96. The average molecular weight is 373 g/mol. The molecule has 0 bridgehead atoms. The molecule has 1 saturated heterocycles. The first-order valence-electron chi connectivity index (χ1n) is 7.38. The lowest BCUT2D eigenvalue weighted by molar-refractivity contribution is -0.138. The maximum atomic E-state index is 13.0. The van der Waals surface area contributed by atoms with Crippen molar-refractivity contribution in [1.82, 2.24) is 4.90 Å². The Hall–Kier alpha value is -2.29. The highest BCUT2D eigenvalue weighted by molar-refractivity contribution is 7.91. The van der Waals surface area contributed by atoms with Crippen LogP contribution in [0.25, 0.3) is 0 Å². The van der Waals surface area contributed by atoms with E-state index in [2.05, 4.69) is 0 Å². The van der Waals surface area contributed by atoms with Gasteiger partial charge < -0.3 is 9.32 Å². The minimum absolute atomic E-state index is 0.131. The van der Waals surface area contributed by atoms with E-state index in [1.54, 1.807) is 6.07 Å². The van der Waals surface area contributed by atoms with E-state index < -0.39 is 38.3 Å². The number of rotatable bonds is 4.